The number of hydrogen-bond acceptors (Lipinski definition) is 3. The number of carboxylic acids is 1. The fraction of sp³-hybridized carbons (Fsp3) is 0.182. The molecule has 0 bridgehead atoms. The highest BCUT2D eigenvalue weighted by molar-refractivity contribution is 6.12. The van der Waals surface area contributed by atoms with Gasteiger partial charge < -0.3 is 5.11 Å². The lowest BCUT2D eigenvalue weighted by atomic mass is 9.96. The van der Waals surface area contributed by atoms with Gasteiger partial charge in [0.2, 0.25) is 0 Å². The molecular formula is C11H10O4. The van der Waals surface area contributed by atoms with E-state index in [1.807, 2.05) is 0 Å². The quantitative estimate of drug-likeness (QED) is 0.765. The lowest BCUT2D eigenvalue weighted by molar-refractivity contribution is 0.0688. The van der Waals surface area contributed by atoms with Crippen molar-refractivity contribution in [3.8, 4) is 0 Å². The van der Waals surface area contributed by atoms with Crippen LogP contribution in [0.15, 0.2) is 18.2 Å². The summed E-state index contributed by atoms with van der Waals surface area (Å²) in [6, 6.07) is 4.30. The van der Waals surface area contributed by atoms with Crippen molar-refractivity contribution in [1.29, 1.82) is 0 Å². The van der Waals surface area contributed by atoms with E-state index in [0.717, 1.165) is 0 Å². The van der Waals surface area contributed by atoms with Crippen LogP contribution < -0.4 is 0 Å². The maximum atomic E-state index is 11.2. The zero-order chi connectivity index (χ0) is 11.6. The van der Waals surface area contributed by atoms with E-state index >= 15 is 0 Å². The van der Waals surface area contributed by atoms with Crippen LogP contribution in [0.3, 0.4) is 0 Å². The molecule has 0 heterocycles. The van der Waals surface area contributed by atoms with E-state index in [1.54, 1.807) is 0 Å². The van der Waals surface area contributed by atoms with Crippen LogP contribution in [0, 0.1) is 0 Å². The molecule has 0 aromatic heterocycles. The molecule has 4 heteroatoms. The molecule has 1 aromatic carbocycles. The van der Waals surface area contributed by atoms with E-state index in [0.29, 0.717) is 0 Å². The second kappa shape index (κ2) is 4.04. The number of carboxylic acid groups (broad SMARTS) is 1. The van der Waals surface area contributed by atoms with Crippen molar-refractivity contribution in [1.82, 2.24) is 0 Å². The van der Waals surface area contributed by atoms with Crippen LogP contribution in [0.2, 0.25) is 0 Å². The standard InChI is InChI=1S/C11H10O4/c1-6(12)8-4-3-5-9(7(2)13)10(8)11(14)15/h3-5H,1-2H3,(H,14,15). The maximum Gasteiger partial charge on any atom is 0.337 e. The lowest BCUT2D eigenvalue weighted by Gasteiger charge is -2.06. The van der Waals surface area contributed by atoms with Crippen LogP contribution in [0.1, 0.15) is 44.9 Å². The van der Waals surface area contributed by atoms with Gasteiger partial charge in [0, 0.05) is 11.1 Å². The molecule has 0 saturated carbocycles. The average molecular weight is 206 g/mol. The Morgan fingerprint density at radius 1 is 1.00 bits per heavy atom. The van der Waals surface area contributed by atoms with Crippen LogP contribution in [0.25, 0.3) is 0 Å². The van der Waals surface area contributed by atoms with Crippen molar-refractivity contribution in [2.75, 3.05) is 0 Å². The minimum Gasteiger partial charge on any atom is -0.478 e. The molecule has 0 fully saturated rings. The highest BCUT2D eigenvalue weighted by Crippen LogP contribution is 2.16. The summed E-state index contributed by atoms with van der Waals surface area (Å²) in [6.07, 6.45) is 0. The van der Waals surface area contributed by atoms with Crippen LogP contribution in [-0.4, -0.2) is 22.6 Å². The van der Waals surface area contributed by atoms with E-state index in [1.165, 1.54) is 32.0 Å². The van der Waals surface area contributed by atoms with Gasteiger partial charge in [-0.25, -0.2) is 4.79 Å². The van der Waals surface area contributed by atoms with E-state index in [4.69, 9.17) is 5.11 Å². The summed E-state index contributed by atoms with van der Waals surface area (Å²) in [5.41, 5.74) is -0.0806. The van der Waals surface area contributed by atoms with Crippen LogP contribution in [0.4, 0.5) is 0 Å². The first kappa shape index (κ1) is 11.1. The second-order valence-electron chi connectivity index (χ2n) is 3.15. The monoisotopic (exact) mass is 206 g/mol. The number of carbonyl (C=O) groups is 3. The highest BCUT2D eigenvalue weighted by atomic mass is 16.4. The third-order valence-electron chi connectivity index (χ3n) is 2.04. The van der Waals surface area contributed by atoms with Crippen molar-refractivity contribution >= 4 is 17.5 Å². The topological polar surface area (TPSA) is 71.4 Å². The number of rotatable bonds is 3. The fourth-order valence-electron chi connectivity index (χ4n) is 1.37. The molecule has 0 spiro atoms. The van der Waals surface area contributed by atoms with Gasteiger partial charge in [-0.1, -0.05) is 18.2 Å². The molecule has 78 valence electrons. The summed E-state index contributed by atoms with van der Waals surface area (Å²) in [5.74, 6) is -1.99. The normalized spacial score (nSPS) is 9.73. The molecular weight excluding hydrogens is 196 g/mol. The molecule has 1 N–H and O–H groups in total. The molecule has 0 radical (unpaired) electrons. The predicted molar refractivity (Wildman–Crippen MR) is 53.4 cm³/mol. The zero-order valence-electron chi connectivity index (χ0n) is 8.40. The van der Waals surface area contributed by atoms with Crippen molar-refractivity contribution in [2.45, 2.75) is 13.8 Å². The largest absolute Gasteiger partial charge is 0.478 e. The molecule has 0 aliphatic carbocycles. The smallest absolute Gasteiger partial charge is 0.337 e. The molecule has 15 heavy (non-hydrogen) atoms. The molecule has 0 unspecified atom stereocenters. The van der Waals surface area contributed by atoms with E-state index < -0.39 is 5.97 Å². The molecule has 4 nitrogen and oxygen atoms in total. The van der Waals surface area contributed by atoms with Gasteiger partial charge in [0.05, 0.1) is 5.56 Å². The Balaban J connectivity index is 3.56. The molecule has 0 aliphatic heterocycles. The van der Waals surface area contributed by atoms with Gasteiger partial charge >= 0.3 is 5.97 Å². The number of carbonyl (C=O) groups excluding carboxylic acids is 2. The second-order valence-corrected chi connectivity index (χ2v) is 3.15. The molecule has 0 atom stereocenters. The van der Waals surface area contributed by atoms with Crippen molar-refractivity contribution in [2.24, 2.45) is 0 Å². The van der Waals surface area contributed by atoms with Crippen LogP contribution >= 0.6 is 0 Å². The SMILES string of the molecule is CC(=O)c1cccc(C(C)=O)c1C(=O)O. The van der Waals surface area contributed by atoms with Gasteiger partial charge in [-0.15, -0.1) is 0 Å². The van der Waals surface area contributed by atoms with Crippen molar-refractivity contribution in [3.63, 3.8) is 0 Å². The average Bonchev–Trinajstić information content (AvgIpc) is 2.16. The number of benzene rings is 1. The third-order valence-corrected chi connectivity index (χ3v) is 2.04. The summed E-state index contributed by atoms with van der Waals surface area (Å²) in [5, 5.41) is 8.94. The van der Waals surface area contributed by atoms with Gasteiger partial charge in [-0.05, 0) is 13.8 Å². The van der Waals surface area contributed by atoms with Gasteiger partial charge in [-0.2, -0.15) is 0 Å². The minimum atomic E-state index is -1.26. The Bertz CT molecular complexity index is 414. The van der Waals surface area contributed by atoms with Gasteiger partial charge in [0.1, 0.15) is 0 Å². The first-order valence-corrected chi connectivity index (χ1v) is 4.33. The van der Waals surface area contributed by atoms with Crippen molar-refractivity contribution in [3.05, 3.63) is 34.9 Å². The molecule has 0 saturated heterocycles. The van der Waals surface area contributed by atoms with E-state index in [9.17, 15) is 14.4 Å². The molecule has 0 amide bonds. The van der Waals surface area contributed by atoms with Gasteiger partial charge in [0.25, 0.3) is 0 Å². The number of Topliss-reactive ketones (excluding diaryl/α,β-unsaturated/α-hetero) is 2. The van der Waals surface area contributed by atoms with Gasteiger partial charge in [0.15, 0.2) is 11.6 Å². The first-order valence-electron chi connectivity index (χ1n) is 4.33. The Morgan fingerprint density at radius 2 is 1.40 bits per heavy atom. The zero-order valence-corrected chi connectivity index (χ0v) is 8.40. The van der Waals surface area contributed by atoms with Crippen molar-refractivity contribution < 1.29 is 19.5 Å². The molecule has 1 aromatic rings. The summed E-state index contributed by atoms with van der Waals surface area (Å²) in [7, 11) is 0. The van der Waals surface area contributed by atoms with Crippen LogP contribution in [-0.2, 0) is 0 Å². The Kier molecular flexibility index (Phi) is 2.99. The number of ketones is 2. The van der Waals surface area contributed by atoms with E-state index in [-0.39, 0.29) is 28.3 Å². The van der Waals surface area contributed by atoms with E-state index in [2.05, 4.69) is 0 Å². The number of aromatic carboxylic acids is 1. The Morgan fingerprint density at radius 3 is 1.67 bits per heavy atom. The van der Waals surface area contributed by atoms with Gasteiger partial charge in [-0.3, -0.25) is 9.59 Å². The molecule has 0 aliphatic rings. The van der Waals surface area contributed by atoms with Crippen LogP contribution in [0.5, 0.6) is 0 Å². The third kappa shape index (κ3) is 2.10. The Labute approximate surface area is 86.5 Å². The summed E-state index contributed by atoms with van der Waals surface area (Å²) < 4.78 is 0. The highest BCUT2D eigenvalue weighted by Gasteiger charge is 2.19. The maximum absolute atomic E-state index is 11.2. The Hall–Kier alpha value is -1.97. The summed E-state index contributed by atoms with van der Waals surface area (Å²) in [4.78, 5) is 33.3. The predicted octanol–water partition coefficient (Wildman–Crippen LogP) is 1.79. The summed E-state index contributed by atoms with van der Waals surface area (Å²) in [6.45, 7) is 2.54. The first-order chi connectivity index (χ1) is 6.95. The number of hydrogen-bond donors (Lipinski definition) is 1. The fourth-order valence-corrected chi connectivity index (χ4v) is 1.37. The lowest BCUT2D eigenvalue weighted by Crippen LogP contribution is -2.12. The minimum absolute atomic E-state index is 0.0650. The molecule has 1 rings (SSSR count). The summed E-state index contributed by atoms with van der Waals surface area (Å²) >= 11 is 0.